The van der Waals surface area contributed by atoms with Crippen molar-refractivity contribution >= 4 is 24.1 Å². The molecule has 1 heterocycles. The molecule has 1 aromatic heterocycles. The molecule has 1 aromatic rings. The summed E-state index contributed by atoms with van der Waals surface area (Å²) in [6, 6.07) is 1.46. The molecule has 25 heavy (non-hydrogen) atoms. The Hall–Kier alpha value is -1.66. The normalized spacial score (nSPS) is 16.0. The van der Waals surface area contributed by atoms with E-state index in [9.17, 15) is 14.4 Å². The van der Waals surface area contributed by atoms with Crippen molar-refractivity contribution in [2.24, 2.45) is 16.6 Å². The molecule has 0 atom stereocenters. The van der Waals surface area contributed by atoms with Crippen molar-refractivity contribution in [1.82, 2.24) is 9.88 Å². The van der Waals surface area contributed by atoms with E-state index in [1.807, 2.05) is 27.7 Å². The number of halogens is 1. The first-order valence-corrected chi connectivity index (χ1v) is 8.21. The second-order valence-electron chi connectivity index (χ2n) is 8.37. The monoisotopic (exact) mass is 369 g/mol. The summed E-state index contributed by atoms with van der Waals surface area (Å²) in [4.78, 5) is 41.6. The fourth-order valence-electron chi connectivity index (χ4n) is 3.17. The van der Waals surface area contributed by atoms with Crippen LogP contribution < -0.4 is 11.3 Å². The summed E-state index contributed by atoms with van der Waals surface area (Å²) in [5.41, 5.74) is 5.94. The molecule has 0 aliphatic heterocycles. The second kappa shape index (κ2) is 7.30. The molecule has 0 unspecified atom stereocenters. The molecule has 3 N–H and O–H groups in total. The number of nitrogens with zero attached hydrogens (tertiary/aromatic N) is 1. The minimum atomic E-state index is -0.443. The van der Waals surface area contributed by atoms with Gasteiger partial charge in [0.1, 0.15) is 5.56 Å². The van der Waals surface area contributed by atoms with E-state index in [4.69, 9.17) is 5.73 Å². The Labute approximate surface area is 154 Å². The molecule has 0 radical (unpaired) electrons. The van der Waals surface area contributed by atoms with Gasteiger partial charge in [-0.15, -0.1) is 12.4 Å². The lowest BCUT2D eigenvalue weighted by atomic mass is 9.75. The van der Waals surface area contributed by atoms with Crippen molar-refractivity contribution in [3.63, 3.8) is 0 Å². The smallest absolute Gasteiger partial charge is 0.261 e. The standard InChI is InChI=1S/C18H27N3O3.ClH/c1-17(2)7-13-11(14(22)8-17)6-12(15(23)20-13)16(24)21(5)10-18(3,4)9-19;/h6H,7-10,19H2,1-5H3,(H,20,23);1H. The minimum Gasteiger partial charge on any atom is -0.341 e. The molecule has 1 aliphatic rings. The van der Waals surface area contributed by atoms with Gasteiger partial charge in [-0.2, -0.15) is 0 Å². The van der Waals surface area contributed by atoms with Crippen molar-refractivity contribution in [3.05, 3.63) is 33.2 Å². The van der Waals surface area contributed by atoms with Crippen LogP contribution >= 0.6 is 12.4 Å². The first-order valence-electron chi connectivity index (χ1n) is 8.21. The van der Waals surface area contributed by atoms with Gasteiger partial charge in [0.05, 0.1) is 0 Å². The molecule has 6 nitrogen and oxygen atoms in total. The maximum Gasteiger partial charge on any atom is 0.261 e. The fraction of sp³-hybridized carbons (Fsp3) is 0.611. The topological polar surface area (TPSA) is 96.3 Å². The maximum absolute atomic E-state index is 12.6. The second-order valence-corrected chi connectivity index (χ2v) is 8.37. The molecular formula is C18H28ClN3O3. The van der Waals surface area contributed by atoms with Gasteiger partial charge in [0.25, 0.3) is 11.5 Å². The first-order chi connectivity index (χ1) is 11.0. The van der Waals surface area contributed by atoms with E-state index in [-0.39, 0.29) is 34.6 Å². The fourth-order valence-corrected chi connectivity index (χ4v) is 3.17. The predicted molar refractivity (Wildman–Crippen MR) is 101 cm³/mol. The number of aromatic amines is 1. The zero-order chi connectivity index (χ0) is 18.3. The van der Waals surface area contributed by atoms with Crippen LogP contribution in [-0.2, 0) is 6.42 Å². The number of H-pyrrole nitrogens is 1. The van der Waals surface area contributed by atoms with Crippen molar-refractivity contribution in [1.29, 1.82) is 0 Å². The summed E-state index contributed by atoms with van der Waals surface area (Å²) in [6.07, 6.45) is 1.03. The van der Waals surface area contributed by atoms with Crippen molar-refractivity contribution in [2.45, 2.75) is 40.5 Å². The van der Waals surface area contributed by atoms with Crippen molar-refractivity contribution in [2.75, 3.05) is 20.1 Å². The summed E-state index contributed by atoms with van der Waals surface area (Å²) in [5.74, 6) is -0.422. The highest BCUT2D eigenvalue weighted by Gasteiger charge is 2.33. The number of carbonyl (C=O) groups is 2. The van der Waals surface area contributed by atoms with Crippen molar-refractivity contribution in [3.8, 4) is 0 Å². The van der Waals surface area contributed by atoms with Gasteiger partial charge in [-0.05, 0) is 29.9 Å². The number of fused-ring (bicyclic) bond motifs is 1. The Kier molecular flexibility index (Phi) is 6.24. The molecule has 1 aliphatic carbocycles. The van der Waals surface area contributed by atoms with Crippen LogP contribution in [-0.4, -0.2) is 41.7 Å². The molecule has 0 aromatic carbocycles. The highest BCUT2D eigenvalue weighted by molar-refractivity contribution is 6.02. The highest BCUT2D eigenvalue weighted by atomic mass is 35.5. The average molecular weight is 370 g/mol. The number of hydrogen-bond donors (Lipinski definition) is 2. The number of nitrogens with one attached hydrogen (secondary N) is 1. The van der Waals surface area contributed by atoms with Gasteiger partial charge in [-0.1, -0.05) is 27.7 Å². The molecule has 0 bridgehead atoms. The van der Waals surface area contributed by atoms with Crippen LogP contribution in [0.15, 0.2) is 10.9 Å². The van der Waals surface area contributed by atoms with Gasteiger partial charge >= 0.3 is 0 Å². The summed E-state index contributed by atoms with van der Waals surface area (Å²) >= 11 is 0. The van der Waals surface area contributed by atoms with Crippen LogP contribution in [0.3, 0.4) is 0 Å². The zero-order valence-corrected chi connectivity index (χ0v) is 16.4. The van der Waals surface area contributed by atoms with E-state index in [1.165, 1.54) is 11.0 Å². The van der Waals surface area contributed by atoms with Crippen LogP contribution in [0.5, 0.6) is 0 Å². The minimum absolute atomic E-state index is 0. The summed E-state index contributed by atoms with van der Waals surface area (Å²) in [6.45, 7) is 8.76. The number of Topliss-reactive ketones (excluding diaryl/α,β-unsaturated/α-hetero) is 1. The number of ketones is 1. The number of amides is 1. The molecule has 0 spiro atoms. The molecule has 7 heteroatoms. The number of rotatable bonds is 4. The summed E-state index contributed by atoms with van der Waals surface area (Å²) in [5, 5.41) is 0. The third-order valence-electron chi connectivity index (χ3n) is 4.51. The lowest BCUT2D eigenvalue weighted by Crippen LogP contribution is -2.42. The Morgan fingerprint density at radius 1 is 1.32 bits per heavy atom. The maximum atomic E-state index is 12.6. The number of carbonyl (C=O) groups excluding carboxylic acids is 2. The van der Waals surface area contributed by atoms with Gasteiger partial charge in [0.2, 0.25) is 0 Å². The van der Waals surface area contributed by atoms with E-state index in [0.29, 0.717) is 37.2 Å². The van der Waals surface area contributed by atoms with Crippen LogP contribution in [0, 0.1) is 10.8 Å². The predicted octanol–water partition coefficient (Wildman–Crippen LogP) is 2.01. The number of nitrogens with two attached hydrogens (primary N) is 1. The lowest BCUT2D eigenvalue weighted by molar-refractivity contribution is 0.0738. The van der Waals surface area contributed by atoms with Crippen LogP contribution in [0.2, 0.25) is 0 Å². The van der Waals surface area contributed by atoms with Gasteiger partial charge in [-0.25, -0.2) is 0 Å². The Bertz CT molecular complexity index is 738. The summed E-state index contributed by atoms with van der Waals surface area (Å²) < 4.78 is 0. The van der Waals surface area contributed by atoms with E-state index >= 15 is 0 Å². The molecule has 0 saturated carbocycles. The van der Waals surface area contributed by atoms with Crippen LogP contribution in [0.1, 0.15) is 60.5 Å². The quantitative estimate of drug-likeness (QED) is 0.848. The molecule has 0 saturated heterocycles. The van der Waals surface area contributed by atoms with Gasteiger partial charge in [0, 0.05) is 31.3 Å². The van der Waals surface area contributed by atoms with Crippen LogP contribution in [0.4, 0.5) is 0 Å². The van der Waals surface area contributed by atoms with Crippen molar-refractivity contribution < 1.29 is 9.59 Å². The van der Waals surface area contributed by atoms with E-state index in [2.05, 4.69) is 4.98 Å². The molecule has 0 fully saturated rings. The Morgan fingerprint density at radius 2 is 1.92 bits per heavy atom. The zero-order valence-electron chi connectivity index (χ0n) is 15.6. The highest BCUT2D eigenvalue weighted by Crippen LogP contribution is 2.33. The average Bonchev–Trinajstić information content (AvgIpc) is 2.44. The first kappa shape index (κ1) is 21.4. The number of aromatic nitrogens is 1. The largest absolute Gasteiger partial charge is 0.341 e. The molecular weight excluding hydrogens is 342 g/mol. The van der Waals surface area contributed by atoms with E-state index in [0.717, 1.165) is 0 Å². The third kappa shape index (κ3) is 4.70. The van der Waals surface area contributed by atoms with Gasteiger partial charge < -0.3 is 15.6 Å². The summed E-state index contributed by atoms with van der Waals surface area (Å²) in [7, 11) is 1.64. The van der Waals surface area contributed by atoms with E-state index in [1.54, 1.807) is 7.05 Å². The van der Waals surface area contributed by atoms with Crippen LogP contribution in [0.25, 0.3) is 0 Å². The molecule has 140 valence electrons. The SMILES string of the molecule is CN(CC(C)(C)CN)C(=O)c1cc2c([nH]c1=O)CC(C)(C)CC2=O.Cl. The Morgan fingerprint density at radius 3 is 2.48 bits per heavy atom. The number of hydrogen-bond acceptors (Lipinski definition) is 4. The van der Waals surface area contributed by atoms with Gasteiger partial charge in [-0.3, -0.25) is 14.4 Å². The lowest BCUT2D eigenvalue weighted by Gasteiger charge is -2.31. The van der Waals surface area contributed by atoms with E-state index < -0.39 is 11.5 Å². The third-order valence-corrected chi connectivity index (χ3v) is 4.51. The van der Waals surface area contributed by atoms with Gasteiger partial charge in [0.15, 0.2) is 5.78 Å². The molecule has 2 rings (SSSR count). The molecule has 1 amide bonds. The number of pyridine rings is 1. The Balaban J connectivity index is 0.00000312.